The van der Waals surface area contributed by atoms with Crippen LogP contribution in [0.2, 0.25) is 0 Å². The molecule has 328 valence electrons. The molecule has 6 amide bonds. The van der Waals surface area contributed by atoms with Crippen molar-refractivity contribution in [3.05, 3.63) is 54.2 Å². The SMILES string of the molecule is CSCC[C@H](NC(C)=O)C(=O)N[C@H](C(=O)N[C@@H](Cc1cnc[nH]1)C(=O)N(CC(=O)N(CCCCN=C(N)N)CC(=O)N[C@@H](C)C(=O)O)Cc1c[nH]c2ccccc12)C(C)C. The zero-order chi connectivity index (χ0) is 44.4. The number of nitrogens with two attached hydrogens (primary N) is 2. The van der Waals surface area contributed by atoms with Crippen LogP contribution < -0.4 is 32.7 Å². The molecule has 0 aliphatic carbocycles. The first-order valence-electron chi connectivity index (χ1n) is 19.5. The number of thioether (sulfide) groups is 1. The Labute approximate surface area is 352 Å². The molecule has 0 bridgehead atoms. The van der Waals surface area contributed by atoms with Gasteiger partial charge in [-0.05, 0) is 55.7 Å². The van der Waals surface area contributed by atoms with Crippen LogP contribution in [0.4, 0.5) is 0 Å². The predicted molar refractivity (Wildman–Crippen MR) is 227 cm³/mol. The molecule has 0 aliphatic heterocycles. The summed E-state index contributed by atoms with van der Waals surface area (Å²) in [6, 6.07) is 2.86. The molecule has 0 radical (unpaired) electrons. The van der Waals surface area contributed by atoms with E-state index in [1.54, 1.807) is 20.0 Å². The van der Waals surface area contributed by atoms with Gasteiger partial charge in [-0.2, -0.15) is 11.8 Å². The van der Waals surface area contributed by atoms with E-state index < -0.39 is 84.6 Å². The zero-order valence-corrected chi connectivity index (χ0v) is 35.5. The number of carboxylic acids is 1. The first kappa shape index (κ1) is 48.3. The van der Waals surface area contributed by atoms with Crippen molar-refractivity contribution in [1.29, 1.82) is 0 Å². The molecule has 0 fully saturated rings. The molecule has 2 heterocycles. The number of carbonyl (C=O) groups excluding carboxylic acids is 6. The van der Waals surface area contributed by atoms with E-state index in [-0.39, 0.29) is 32.0 Å². The van der Waals surface area contributed by atoms with Crippen LogP contribution in [0.25, 0.3) is 10.9 Å². The highest BCUT2D eigenvalue weighted by molar-refractivity contribution is 7.98. The van der Waals surface area contributed by atoms with E-state index in [0.717, 1.165) is 10.9 Å². The van der Waals surface area contributed by atoms with Crippen LogP contribution >= 0.6 is 11.8 Å². The molecule has 0 spiro atoms. The number of hydrogen-bond acceptors (Lipinski definition) is 10. The van der Waals surface area contributed by atoms with Gasteiger partial charge in [0.2, 0.25) is 35.4 Å². The van der Waals surface area contributed by atoms with Crippen LogP contribution in [0.1, 0.15) is 58.2 Å². The maximum Gasteiger partial charge on any atom is 0.325 e. The zero-order valence-electron chi connectivity index (χ0n) is 34.7. The van der Waals surface area contributed by atoms with Gasteiger partial charge in [-0.25, -0.2) is 4.98 Å². The Hall–Kier alpha value is -6.12. The second-order valence-corrected chi connectivity index (χ2v) is 15.6. The molecule has 20 nitrogen and oxygen atoms in total. The Morgan fingerprint density at radius 2 is 1.65 bits per heavy atom. The summed E-state index contributed by atoms with van der Waals surface area (Å²) in [4.78, 5) is 110. The Morgan fingerprint density at radius 1 is 0.917 bits per heavy atom. The summed E-state index contributed by atoms with van der Waals surface area (Å²) in [5.41, 5.74) is 12.8. The number of guanidine groups is 1. The lowest BCUT2D eigenvalue weighted by Gasteiger charge is -2.31. The van der Waals surface area contributed by atoms with E-state index in [1.807, 2.05) is 30.5 Å². The van der Waals surface area contributed by atoms with E-state index in [2.05, 4.69) is 41.2 Å². The fraction of sp³-hybridized carbons (Fsp3) is 0.513. The first-order valence-corrected chi connectivity index (χ1v) is 20.9. The topological polar surface area (TPSA) is 303 Å². The summed E-state index contributed by atoms with van der Waals surface area (Å²) < 4.78 is 0. The maximum atomic E-state index is 14.9. The van der Waals surface area contributed by atoms with Gasteiger partial charge in [0.1, 0.15) is 30.7 Å². The summed E-state index contributed by atoms with van der Waals surface area (Å²) in [6.07, 6.45) is 7.55. The fourth-order valence-corrected chi connectivity index (χ4v) is 6.69. The summed E-state index contributed by atoms with van der Waals surface area (Å²) in [7, 11) is 0. The van der Waals surface area contributed by atoms with E-state index in [1.165, 1.54) is 47.9 Å². The number of H-pyrrole nitrogens is 2. The number of carboxylic acid groups (broad SMARTS) is 1. The van der Waals surface area contributed by atoms with Crippen molar-refractivity contribution in [1.82, 2.24) is 46.0 Å². The van der Waals surface area contributed by atoms with Gasteiger partial charge in [-0.15, -0.1) is 0 Å². The highest BCUT2D eigenvalue weighted by Gasteiger charge is 2.34. The van der Waals surface area contributed by atoms with Gasteiger partial charge in [-0.1, -0.05) is 32.0 Å². The quantitative estimate of drug-likeness (QED) is 0.0305. The number of unbranched alkanes of at least 4 members (excludes halogenated alkanes) is 1. The molecule has 2 aromatic heterocycles. The van der Waals surface area contributed by atoms with Crippen molar-refractivity contribution in [2.24, 2.45) is 22.4 Å². The standard InChI is InChI=1S/C39H58N12O8S/c1-23(2)34(49-35(55)30(12-15-60-5)47-25(4)52)36(56)48-31(16-27-18-42-22-45-27)37(57)51(19-26-17-44-29-11-7-6-10-28(26)29)21-33(54)50(14-9-8-13-43-39(40)41)20-32(53)46-24(3)38(58)59/h6-7,10-11,17-18,22-24,30-31,34,44H,8-9,12-16,19-21H2,1-5H3,(H,42,45)(H,46,53)(H,47,52)(H,48,56)(H,49,55)(H,58,59)(H4,40,41,43)/t24-,30-,31-,34-/m0/s1. The smallest absolute Gasteiger partial charge is 0.325 e. The minimum absolute atomic E-state index is 0.0450. The monoisotopic (exact) mass is 854 g/mol. The number of imidazole rings is 1. The number of nitrogens with one attached hydrogen (secondary N) is 6. The highest BCUT2D eigenvalue weighted by Crippen LogP contribution is 2.21. The first-order chi connectivity index (χ1) is 28.5. The number of hydrogen-bond donors (Lipinski definition) is 9. The molecule has 11 N–H and O–H groups in total. The molecule has 0 saturated heterocycles. The van der Waals surface area contributed by atoms with Crippen molar-refractivity contribution >= 4 is 70.0 Å². The Bertz CT molecular complexity index is 1950. The molecule has 1 aromatic carbocycles. The lowest BCUT2D eigenvalue weighted by atomic mass is 10.0. The number of aliphatic imine (C=N–C) groups is 1. The van der Waals surface area contributed by atoms with Gasteiger partial charge in [0.05, 0.1) is 12.9 Å². The summed E-state index contributed by atoms with van der Waals surface area (Å²) in [5, 5.41) is 20.7. The second-order valence-electron chi connectivity index (χ2n) is 14.6. The van der Waals surface area contributed by atoms with Gasteiger partial charge >= 0.3 is 5.97 Å². The van der Waals surface area contributed by atoms with E-state index in [4.69, 9.17) is 11.5 Å². The number of fused-ring (bicyclic) bond motifs is 1. The van der Waals surface area contributed by atoms with Crippen LogP contribution in [0.5, 0.6) is 0 Å². The second kappa shape index (κ2) is 24.1. The minimum atomic E-state index is -1.29. The molecule has 60 heavy (non-hydrogen) atoms. The molecule has 3 aromatic rings. The van der Waals surface area contributed by atoms with Gasteiger partial charge in [0, 0.05) is 62.0 Å². The number of benzene rings is 1. The van der Waals surface area contributed by atoms with Crippen molar-refractivity contribution in [2.75, 3.05) is 38.2 Å². The third kappa shape index (κ3) is 15.6. The van der Waals surface area contributed by atoms with Crippen LogP contribution in [-0.4, -0.2) is 140 Å². The van der Waals surface area contributed by atoms with Crippen molar-refractivity contribution in [2.45, 2.75) is 84.1 Å². The Kier molecular flexibility index (Phi) is 19.4. The third-order valence-corrected chi connectivity index (χ3v) is 10.0. The molecule has 0 unspecified atom stereocenters. The average molecular weight is 855 g/mol. The van der Waals surface area contributed by atoms with Crippen molar-refractivity contribution < 1.29 is 38.7 Å². The van der Waals surface area contributed by atoms with E-state index in [9.17, 15) is 38.7 Å². The summed E-state index contributed by atoms with van der Waals surface area (Å²) in [6.45, 7) is 5.21. The van der Waals surface area contributed by atoms with Crippen molar-refractivity contribution in [3.8, 4) is 0 Å². The number of para-hydroxylation sites is 1. The molecule has 4 atom stereocenters. The van der Waals surface area contributed by atoms with Gasteiger partial charge in [0.15, 0.2) is 5.96 Å². The van der Waals surface area contributed by atoms with Crippen LogP contribution in [0.3, 0.4) is 0 Å². The third-order valence-electron chi connectivity index (χ3n) is 9.38. The van der Waals surface area contributed by atoms with Gasteiger partial charge in [0.25, 0.3) is 0 Å². The highest BCUT2D eigenvalue weighted by atomic mass is 32.2. The number of aliphatic carboxylic acids is 1. The molecule has 3 rings (SSSR count). The lowest BCUT2D eigenvalue weighted by molar-refractivity contribution is -0.145. The molecule has 0 aliphatic rings. The average Bonchev–Trinajstić information content (AvgIpc) is 3.86. The summed E-state index contributed by atoms with van der Waals surface area (Å²) >= 11 is 1.50. The van der Waals surface area contributed by atoms with Crippen LogP contribution in [0, 0.1) is 5.92 Å². The number of amides is 6. The van der Waals surface area contributed by atoms with Crippen LogP contribution in [-0.2, 0) is 46.5 Å². The largest absolute Gasteiger partial charge is 0.480 e. The number of aromatic nitrogens is 3. The number of aromatic amines is 2. The van der Waals surface area contributed by atoms with Crippen molar-refractivity contribution in [3.63, 3.8) is 0 Å². The normalized spacial score (nSPS) is 13.0. The molecular weight excluding hydrogens is 797 g/mol. The van der Waals surface area contributed by atoms with E-state index >= 15 is 0 Å². The lowest BCUT2D eigenvalue weighted by Crippen LogP contribution is -2.59. The van der Waals surface area contributed by atoms with Crippen LogP contribution in [0.15, 0.2) is 48.0 Å². The minimum Gasteiger partial charge on any atom is -0.480 e. The number of nitrogens with zero attached hydrogens (tertiary/aromatic N) is 4. The maximum absolute atomic E-state index is 14.9. The Morgan fingerprint density at radius 3 is 2.28 bits per heavy atom. The fourth-order valence-electron chi connectivity index (χ4n) is 6.22. The van der Waals surface area contributed by atoms with Gasteiger partial charge < -0.3 is 57.6 Å². The summed E-state index contributed by atoms with van der Waals surface area (Å²) in [5.74, 6) is -4.88. The predicted octanol–water partition coefficient (Wildman–Crippen LogP) is -0.183. The van der Waals surface area contributed by atoms with Gasteiger partial charge in [-0.3, -0.25) is 38.6 Å². The molecular formula is C39H58N12O8S. The number of rotatable bonds is 25. The number of carbonyl (C=O) groups is 7. The Balaban J connectivity index is 2.00. The molecule has 21 heteroatoms. The molecule has 0 saturated carbocycles. The van der Waals surface area contributed by atoms with E-state index in [0.29, 0.717) is 36.3 Å².